The molecule has 1 unspecified atom stereocenters. The zero-order valence-electron chi connectivity index (χ0n) is 13.5. The summed E-state index contributed by atoms with van der Waals surface area (Å²) in [5.74, 6) is 1.37. The highest BCUT2D eigenvalue weighted by atomic mass is 35.5. The third-order valence-corrected chi connectivity index (χ3v) is 4.06. The number of nitrogens with one attached hydrogen (secondary N) is 1. The Hall–Kier alpha value is -2.59. The maximum atomic E-state index is 6.41. The second kappa shape index (κ2) is 7.32. The van der Waals surface area contributed by atoms with Crippen LogP contribution in [0.1, 0.15) is 22.7 Å². The van der Waals surface area contributed by atoms with Crippen LogP contribution in [0.5, 0.6) is 5.75 Å². The number of halogens is 1. The third-order valence-electron chi connectivity index (χ3n) is 3.72. The molecule has 1 heterocycles. The molecule has 24 heavy (non-hydrogen) atoms. The van der Waals surface area contributed by atoms with Gasteiger partial charge in [0.2, 0.25) is 5.95 Å². The lowest BCUT2D eigenvalue weighted by Gasteiger charge is -2.21. The van der Waals surface area contributed by atoms with Gasteiger partial charge >= 0.3 is 0 Å². The van der Waals surface area contributed by atoms with E-state index in [1.165, 1.54) is 0 Å². The minimum atomic E-state index is -0.160. The first-order valence-corrected chi connectivity index (χ1v) is 7.99. The number of rotatable bonds is 5. The molecule has 0 spiro atoms. The van der Waals surface area contributed by atoms with E-state index in [1.807, 2.05) is 55.5 Å². The molecule has 0 bridgehead atoms. The van der Waals surface area contributed by atoms with E-state index in [-0.39, 0.29) is 6.04 Å². The van der Waals surface area contributed by atoms with Crippen molar-refractivity contribution in [3.63, 3.8) is 0 Å². The molecule has 0 saturated heterocycles. The number of hydrogen-bond donors (Lipinski definition) is 1. The highest BCUT2D eigenvalue weighted by molar-refractivity contribution is 6.31. The molecule has 3 rings (SSSR count). The summed E-state index contributed by atoms with van der Waals surface area (Å²) in [5.41, 5.74) is 3.03. The van der Waals surface area contributed by atoms with E-state index in [1.54, 1.807) is 19.5 Å². The van der Waals surface area contributed by atoms with Crippen LogP contribution >= 0.6 is 11.6 Å². The Labute approximate surface area is 146 Å². The monoisotopic (exact) mass is 339 g/mol. The van der Waals surface area contributed by atoms with E-state index in [0.29, 0.717) is 11.0 Å². The molecule has 0 radical (unpaired) electrons. The van der Waals surface area contributed by atoms with Crippen LogP contribution in [0, 0.1) is 6.92 Å². The summed E-state index contributed by atoms with van der Waals surface area (Å²) in [6.45, 7) is 1.96. The number of nitrogens with zero attached hydrogens (tertiary/aromatic N) is 2. The van der Waals surface area contributed by atoms with Crippen LogP contribution < -0.4 is 10.1 Å². The van der Waals surface area contributed by atoms with Crippen LogP contribution in [0.4, 0.5) is 5.95 Å². The smallest absolute Gasteiger partial charge is 0.223 e. The summed E-state index contributed by atoms with van der Waals surface area (Å²) >= 11 is 6.41. The summed E-state index contributed by atoms with van der Waals surface area (Å²) in [6, 6.07) is 15.5. The van der Waals surface area contributed by atoms with E-state index in [4.69, 9.17) is 16.3 Å². The maximum Gasteiger partial charge on any atom is 0.223 e. The Morgan fingerprint density at radius 3 is 2.29 bits per heavy atom. The predicted molar refractivity (Wildman–Crippen MR) is 96.7 cm³/mol. The summed E-state index contributed by atoms with van der Waals surface area (Å²) in [6.07, 6.45) is 3.57. The summed E-state index contributed by atoms with van der Waals surface area (Å²) in [4.78, 5) is 8.68. The SMILES string of the molecule is COc1ccc(C(Nc2ncc(C)cn2)c2ccccc2Cl)cc1. The first-order chi connectivity index (χ1) is 11.7. The van der Waals surface area contributed by atoms with Crippen LogP contribution in [0.15, 0.2) is 60.9 Å². The van der Waals surface area contributed by atoms with Crippen LogP contribution in [-0.2, 0) is 0 Å². The van der Waals surface area contributed by atoms with Crippen LogP contribution in [0.3, 0.4) is 0 Å². The van der Waals surface area contributed by atoms with E-state index in [9.17, 15) is 0 Å². The highest BCUT2D eigenvalue weighted by Crippen LogP contribution is 2.31. The summed E-state index contributed by atoms with van der Waals surface area (Å²) in [5, 5.41) is 4.06. The van der Waals surface area contributed by atoms with Crippen molar-refractivity contribution in [1.29, 1.82) is 0 Å². The maximum absolute atomic E-state index is 6.41. The van der Waals surface area contributed by atoms with Gasteiger partial charge in [0.25, 0.3) is 0 Å². The largest absolute Gasteiger partial charge is 0.497 e. The average molecular weight is 340 g/mol. The summed E-state index contributed by atoms with van der Waals surface area (Å²) in [7, 11) is 1.65. The number of anilines is 1. The first-order valence-electron chi connectivity index (χ1n) is 7.61. The van der Waals surface area contributed by atoms with Gasteiger partial charge in [0.15, 0.2) is 0 Å². The molecule has 0 aliphatic carbocycles. The number of aromatic nitrogens is 2. The Morgan fingerprint density at radius 2 is 1.67 bits per heavy atom. The van der Waals surface area contributed by atoms with Crippen molar-refractivity contribution in [3.8, 4) is 5.75 Å². The lowest BCUT2D eigenvalue weighted by molar-refractivity contribution is 0.414. The quantitative estimate of drug-likeness (QED) is 0.735. The van der Waals surface area contributed by atoms with Crippen LogP contribution in [-0.4, -0.2) is 17.1 Å². The molecule has 2 aromatic carbocycles. The third kappa shape index (κ3) is 3.66. The van der Waals surface area contributed by atoms with Gasteiger partial charge in [-0.2, -0.15) is 0 Å². The molecule has 0 saturated carbocycles. The van der Waals surface area contributed by atoms with E-state index < -0.39 is 0 Å². The van der Waals surface area contributed by atoms with Gasteiger partial charge in [-0.25, -0.2) is 9.97 Å². The standard InChI is InChI=1S/C19H18ClN3O/c1-13-11-21-19(22-12-13)23-18(16-5-3-4-6-17(16)20)14-7-9-15(24-2)10-8-14/h3-12,18H,1-2H3,(H,21,22,23). The second-order valence-electron chi connectivity index (χ2n) is 5.46. The van der Waals surface area contributed by atoms with Gasteiger partial charge in [0.1, 0.15) is 5.75 Å². The first kappa shape index (κ1) is 16.3. The van der Waals surface area contributed by atoms with Crippen molar-refractivity contribution < 1.29 is 4.74 Å². The number of aryl methyl sites for hydroxylation is 1. The molecule has 4 nitrogen and oxygen atoms in total. The highest BCUT2D eigenvalue weighted by Gasteiger charge is 2.18. The molecule has 1 N–H and O–H groups in total. The molecule has 122 valence electrons. The van der Waals surface area contributed by atoms with E-state index >= 15 is 0 Å². The molecule has 3 aromatic rings. The van der Waals surface area contributed by atoms with Gasteiger partial charge < -0.3 is 10.1 Å². The topological polar surface area (TPSA) is 47.0 Å². The van der Waals surface area contributed by atoms with Crippen molar-refractivity contribution in [3.05, 3.63) is 82.6 Å². The fraction of sp³-hybridized carbons (Fsp3) is 0.158. The summed E-state index contributed by atoms with van der Waals surface area (Å²) < 4.78 is 5.24. The van der Waals surface area contributed by atoms with Crippen LogP contribution in [0.2, 0.25) is 5.02 Å². The van der Waals surface area contributed by atoms with Gasteiger partial charge in [-0.05, 0) is 41.8 Å². The number of hydrogen-bond acceptors (Lipinski definition) is 4. The predicted octanol–water partition coefficient (Wildman–Crippen LogP) is 4.65. The van der Waals surface area contributed by atoms with Crippen molar-refractivity contribution in [1.82, 2.24) is 9.97 Å². The average Bonchev–Trinajstić information content (AvgIpc) is 2.62. The Morgan fingerprint density at radius 1 is 1.00 bits per heavy atom. The normalized spacial score (nSPS) is 11.8. The molecule has 0 amide bonds. The second-order valence-corrected chi connectivity index (χ2v) is 5.86. The lowest BCUT2D eigenvalue weighted by Crippen LogP contribution is -2.14. The van der Waals surface area contributed by atoms with Gasteiger partial charge in [-0.15, -0.1) is 0 Å². The number of ether oxygens (including phenoxy) is 1. The number of benzene rings is 2. The molecule has 0 aliphatic heterocycles. The zero-order valence-corrected chi connectivity index (χ0v) is 14.3. The van der Waals surface area contributed by atoms with Crippen LogP contribution in [0.25, 0.3) is 0 Å². The minimum absolute atomic E-state index is 0.160. The molecule has 0 fully saturated rings. The van der Waals surface area contributed by atoms with Crippen molar-refractivity contribution in [2.24, 2.45) is 0 Å². The molecule has 0 aliphatic rings. The van der Waals surface area contributed by atoms with Gasteiger partial charge in [-0.1, -0.05) is 41.9 Å². The minimum Gasteiger partial charge on any atom is -0.497 e. The zero-order chi connectivity index (χ0) is 16.9. The fourth-order valence-electron chi connectivity index (χ4n) is 2.44. The Balaban J connectivity index is 1.99. The van der Waals surface area contributed by atoms with E-state index in [2.05, 4.69) is 15.3 Å². The van der Waals surface area contributed by atoms with E-state index in [0.717, 1.165) is 22.4 Å². The Bertz CT molecular complexity index is 804. The van der Waals surface area contributed by atoms with Crippen molar-refractivity contribution >= 4 is 17.5 Å². The van der Waals surface area contributed by atoms with Crippen molar-refractivity contribution in [2.45, 2.75) is 13.0 Å². The Kier molecular flexibility index (Phi) is 4.96. The molecular weight excluding hydrogens is 322 g/mol. The molecular formula is C19H18ClN3O. The van der Waals surface area contributed by atoms with Crippen molar-refractivity contribution in [2.75, 3.05) is 12.4 Å². The van der Waals surface area contributed by atoms with Gasteiger partial charge in [-0.3, -0.25) is 0 Å². The molecule has 1 atom stereocenters. The lowest BCUT2D eigenvalue weighted by atomic mass is 9.98. The fourth-order valence-corrected chi connectivity index (χ4v) is 2.69. The molecule has 5 heteroatoms. The van der Waals surface area contributed by atoms with Gasteiger partial charge in [0, 0.05) is 17.4 Å². The number of methoxy groups -OCH3 is 1. The van der Waals surface area contributed by atoms with Gasteiger partial charge in [0.05, 0.1) is 13.2 Å². The molecule has 1 aromatic heterocycles.